The van der Waals surface area contributed by atoms with Crippen LogP contribution in [0.1, 0.15) is 76.7 Å². The Labute approximate surface area is 169 Å². The Kier molecular flexibility index (Phi) is 4.22. The first-order valence-corrected chi connectivity index (χ1v) is 11.4. The van der Waals surface area contributed by atoms with Crippen molar-refractivity contribution in [2.24, 2.45) is 22.5 Å². The number of hydrogen-bond acceptors (Lipinski definition) is 2. The van der Waals surface area contributed by atoms with Crippen LogP contribution in [0.2, 0.25) is 0 Å². The Morgan fingerprint density at radius 2 is 1.74 bits per heavy atom. The highest BCUT2D eigenvalue weighted by atomic mass is 32.1. The molecule has 4 bridgehead atoms. The van der Waals surface area contributed by atoms with Crippen molar-refractivity contribution in [1.82, 2.24) is 5.32 Å². The van der Waals surface area contributed by atoms with Crippen LogP contribution in [0.4, 0.5) is 0 Å². The number of nitrogens with one attached hydrogen (secondary N) is 1. The summed E-state index contributed by atoms with van der Waals surface area (Å²) in [5, 5.41) is 3.86. The summed E-state index contributed by atoms with van der Waals surface area (Å²) in [5.74, 6) is 0.839. The molecule has 0 amide bonds. The Bertz CT molecular complexity index is 725. The lowest BCUT2D eigenvalue weighted by atomic mass is 9.39. The summed E-state index contributed by atoms with van der Waals surface area (Å²) < 4.78 is 0. The highest BCUT2D eigenvalue weighted by Crippen LogP contribution is 2.70. The molecule has 0 aromatic heterocycles. The van der Waals surface area contributed by atoms with Crippen LogP contribution in [0.25, 0.3) is 0 Å². The van der Waals surface area contributed by atoms with E-state index in [-0.39, 0.29) is 5.41 Å². The van der Waals surface area contributed by atoms with E-state index in [2.05, 4.69) is 42.6 Å². The molecule has 5 fully saturated rings. The second kappa shape index (κ2) is 6.29. The van der Waals surface area contributed by atoms with E-state index in [0.29, 0.717) is 22.9 Å². The monoisotopic (exact) mass is 382 g/mol. The zero-order valence-electron chi connectivity index (χ0n) is 16.7. The molecule has 5 saturated carbocycles. The minimum atomic E-state index is 0.221. The maximum absolute atomic E-state index is 6.16. The fourth-order valence-corrected chi connectivity index (χ4v) is 8.28. The van der Waals surface area contributed by atoms with Crippen LogP contribution in [0.3, 0.4) is 0 Å². The van der Waals surface area contributed by atoms with Crippen molar-refractivity contribution in [2.45, 2.75) is 88.6 Å². The molecule has 3 heteroatoms. The van der Waals surface area contributed by atoms with Gasteiger partial charge in [-0.1, -0.05) is 49.5 Å². The molecular weight excluding hydrogens is 348 g/mol. The molecule has 3 N–H and O–H groups in total. The van der Waals surface area contributed by atoms with Gasteiger partial charge in [-0.3, -0.25) is 0 Å². The van der Waals surface area contributed by atoms with E-state index >= 15 is 0 Å². The molecule has 2 unspecified atom stereocenters. The Balaban J connectivity index is 1.43. The van der Waals surface area contributed by atoms with Gasteiger partial charge >= 0.3 is 0 Å². The molecule has 6 rings (SSSR count). The molecule has 27 heavy (non-hydrogen) atoms. The average Bonchev–Trinajstić information content (AvgIpc) is 2.62. The third-order valence-corrected chi connectivity index (χ3v) is 8.87. The van der Waals surface area contributed by atoms with Crippen LogP contribution in [0, 0.1) is 16.7 Å². The molecule has 2 nitrogen and oxygen atoms in total. The minimum Gasteiger partial charge on any atom is -0.376 e. The van der Waals surface area contributed by atoms with Crippen LogP contribution in [0.15, 0.2) is 30.3 Å². The first-order valence-electron chi connectivity index (χ1n) is 11.0. The summed E-state index contributed by atoms with van der Waals surface area (Å²) in [5.41, 5.74) is 8.70. The standard InChI is InChI=1S/C24H34N2S/c1-22-11-17-12-23(14-22,18-5-3-2-4-6-18)16-24(13-17,15-22)21(27)26-20-9-7-19(25)8-10-20/h2-6,17,19-20H,7-16,25H2,1H3,(H,26,27)/t17?,19?,20?,22-,23-,24?/m1/s1. The molecule has 0 saturated heterocycles. The van der Waals surface area contributed by atoms with Crippen LogP contribution < -0.4 is 11.1 Å². The van der Waals surface area contributed by atoms with E-state index in [1.165, 1.54) is 56.4 Å². The van der Waals surface area contributed by atoms with Gasteiger partial charge in [-0.15, -0.1) is 0 Å². The van der Waals surface area contributed by atoms with Gasteiger partial charge in [0.05, 0.1) is 4.99 Å². The van der Waals surface area contributed by atoms with Gasteiger partial charge in [-0.2, -0.15) is 0 Å². The van der Waals surface area contributed by atoms with Crippen molar-refractivity contribution >= 4 is 17.2 Å². The van der Waals surface area contributed by atoms with Crippen molar-refractivity contribution in [1.29, 1.82) is 0 Å². The van der Waals surface area contributed by atoms with Crippen LogP contribution in [-0.2, 0) is 5.41 Å². The smallest absolute Gasteiger partial charge is 0.0818 e. The maximum Gasteiger partial charge on any atom is 0.0818 e. The van der Waals surface area contributed by atoms with Gasteiger partial charge in [0.15, 0.2) is 0 Å². The van der Waals surface area contributed by atoms with Crippen molar-refractivity contribution in [3.05, 3.63) is 35.9 Å². The fraction of sp³-hybridized carbons (Fsp3) is 0.708. The van der Waals surface area contributed by atoms with Gasteiger partial charge in [-0.25, -0.2) is 0 Å². The van der Waals surface area contributed by atoms with Crippen molar-refractivity contribution < 1.29 is 0 Å². The quantitative estimate of drug-likeness (QED) is 0.714. The van der Waals surface area contributed by atoms with Gasteiger partial charge in [0.2, 0.25) is 0 Å². The second-order valence-corrected chi connectivity index (χ2v) is 11.2. The van der Waals surface area contributed by atoms with E-state index < -0.39 is 0 Å². The van der Waals surface area contributed by atoms with E-state index in [1.807, 2.05) is 0 Å². The Hall–Kier alpha value is -0.930. The number of hydrogen-bond donors (Lipinski definition) is 2. The highest BCUT2D eigenvalue weighted by Gasteiger charge is 2.63. The number of rotatable bonds is 3. The van der Waals surface area contributed by atoms with Gasteiger partial charge in [-0.05, 0) is 86.5 Å². The zero-order chi connectivity index (χ0) is 18.7. The highest BCUT2D eigenvalue weighted by molar-refractivity contribution is 7.80. The lowest BCUT2D eigenvalue weighted by Gasteiger charge is -2.66. The van der Waals surface area contributed by atoms with E-state index in [4.69, 9.17) is 18.0 Å². The normalized spacial score (nSPS) is 45.6. The van der Waals surface area contributed by atoms with E-state index in [0.717, 1.165) is 18.8 Å². The third kappa shape index (κ3) is 3.06. The number of benzene rings is 1. The average molecular weight is 383 g/mol. The molecular formula is C24H34N2S. The molecule has 5 aliphatic carbocycles. The third-order valence-electron chi connectivity index (χ3n) is 8.32. The van der Waals surface area contributed by atoms with E-state index in [1.54, 1.807) is 5.56 Å². The van der Waals surface area contributed by atoms with Crippen molar-refractivity contribution in [2.75, 3.05) is 0 Å². The lowest BCUT2D eigenvalue weighted by molar-refractivity contribution is -0.0874. The molecule has 4 atom stereocenters. The summed E-state index contributed by atoms with van der Waals surface area (Å²) in [6.45, 7) is 2.55. The molecule has 5 aliphatic rings. The first kappa shape index (κ1) is 18.1. The Morgan fingerprint density at radius 1 is 1.00 bits per heavy atom. The molecule has 1 aromatic carbocycles. The van der Waals surface area contributed by atoms with Crippen LogP contribution in [-0.4, -0.2) is 17.1 Å². The molecule has 0 spiro atoms. The minimum absolute atomic E-state index is 0.221. The van der Waals surface area contributed by atoms with Gasteiger partial charge in [0.25, 0.3) is 0 Å². The van der Waals surface area contributed by atoms with Gasteiger partial charge < -0.3 is 11.1 Å². The predicted molar refractivity (Wildman–Crippen MR) is 116 cm³/mol. The fourth-order valence-electron chi connectivity index (χ4n) is 7.89. The second-order valence-electron chi connectivity index (χ2n) is 10.8. The molecule has 0 radical (unpaired) electrons. The largest absolute Gasteiger partial charge is 0.376 e. The molecule has 0 aliphatic heterocycles. The zero-order valence-corrected chi connectivity index (χ0v) is 17.5. The summed E-state index contributed by atoms with van der Waals surface area (Å²) in [6.07, 6.45) is 12.6. The summed E-state index contributed by atoms with van der Waals surface area (Å²) in [7, 11) is 0. The van der Waals surface area contributed by atoms with Crippen LogP contribution in [0.5, 0.6) is 0 Å². The van der Waals surface area contributed by atoms with Gasteiger partial charge in [0.1, 0.15) is 0 Å². The van der Waals surface area contributed by atoms with Crippen molar-refractivity contribution in [3.63, 3.8) is 0 Å². The summed E-state index contributed by atoms with van der Waals surface area (Å²) in [4.78, 5) is 1.19. The van der Waals surface area contributed by atoms with Crippen molar-refractivity contribution in [3.8, 4) is 0 Å². The first-order chi connectivity index (χ1) is 12.9. The lowest BCUT2D eigenvalue weighted by Crippen LogP contribution is -2.62. The number of thiocarbonyl (C=S) groups is 1. The molecule has 1 aromatic rings. The van der Waals surface area contributed by atoms with Crippen LogP contribution >= 0.6 is 12.2 Å². The number of nitrogens with two attached hydrogens (primary N) is 1. The topological polar surface area (TPSA) is 38.0 Å². The summed E-state index contributed by atoms with van der Waals surface area (Å²) >= 11 is 6.16. The summed E-state index contributed by atoms with van der Waals surface area (Å²) in [6, 6.07) is 12.3. The maximum atomic E-state index is 6.16. The SMILES string of the molecule is C[C@]12CC3CC(C(=S)NC4CCC(N)CC4)(C1)C[C@@](c1ccccc1)(C3)C2. The van der Waals surface area contributed by atoms with E-state index in [9.17, 15) is 0 Å². The van der Waals surface area contributed by atoms with Gasteiger partial charge in [0, 0.05) is 17.5 Å². The predicted octanol–water partition coefficient (Wildman–Crippen LogP) is 5.10. The molecule has 146 valence electrons. The molecule has 0 heterocycles. The Morgan fingerprint density at radius 3 is 2.44 bits per heavy atom.